The summed E-state index contributed by atoms with van der Waals surface area (Å²) < 4.78 is 5.04. The zero-order valence-corrected chi connectivity index (χ0v) is 13.2. The van der Waals surface area contributed by atoms with E-state index in [4.69, 9.17) is 39.2 Å². The van der Waals surface area contributed by atoms with Gasteiger partial charge in [0.25, 0.3) is 0 Å². The van der Waals surface area contributed by atoms with Crippen LogP contribution in [-0.4, -0.2) is 23.5 Å². The molecule has 0 aliphatic rings. The lowest BCUT2D eigenvalue weighted by Crippen LogP contribution is -2.32. The lowest BCUT2D eigenvalue weighted by Gasteiger charge is -2.11. The van der Waals surface area contributed by atoms with Crippen molar-refractivity contribution in [3.63, 3.8) is 0 Å². The summed E-state index contributed by atoms with van der Waals surface area (Å²) in [6.07, 6.45) is 0.906. The average molecular weight is 355 g/mol. The topological polar surface area (TPSA) is 114 Å². The average Bonchev–Trinajstić information content (AvgIpc) is 2.39. The minimum atomic E-state index is -0.753. The summed E-state index contributed by atoms with van der Waals surface area (Å²) in [6, 6.07) is 2.35. The van der Waals surface area contributed by atoms with Gasteiger partial charge in [-0.15, -0.1) is 12.4 Å². The van der Waals surface area contributed by atoms with E-state index in [0.29, 0.717) is 24.9 Å². The van der Waals surface area contributed by atoms with Crippen molar-refractivity contribution in [2.75, 3.05) is 6.54 Å². The molecule has 21 heavy (non-hydrogen) atoms. The van der Waals surface area contributed by atoms with E-state index >= 15 is 0 Å². The molecule has 0 saturated heterocycles. The second kappa shape index (κ2) is 10.5. The number of ether oxygens (including phenoxy) is 1. The number of azide groups is 1. The predicted molar refractivity (Wildman–Crippen MR) is 82.5 cm³/mol. The van der Waals surface area contributed by atoms with Crippen LogP contribution >= 0.6 is 35.6 Å². The Morgan fingerprint density at radius 1 is 1.48 bits per heavy atom. The molecule has 1 aromatic heterocycles. The van der Waals surface area contributed by atoms with Crippen LogP contribution in [0.3, 0.4) is 0 Å². The van der Waals surface area contributed by atoms with E-state index in [9.17, 15) is 4.79 Å². The summed E-state index contributed by atoms with van der Waals surface area (Å²) in [4.78, 5) is 18.0. The van der Waals surface area contributed by atoms with Crippen LogP contribution in [0.1, 0.15) is 18.4 Å². The molecule has 0 spiro atoms. The molecule has 0 aliphatic carbocycles. The minimum Gasteiger partial charge on any atom is -0.460 e. The van der Waals surface area contributed by atoms with Crippen molar-refractivity contribution < 1.29 is 9.53 Å². The summed E-state index contributed by atoms with van der Waals surface area (Å²) in [5, 5.41) is 3.80. The fourth-order valence-corrected chi connectivity index (χ4v) is 1.91. The lowest BCUT2D eigenvalue weighted by atomic mass is 10.2. The Morgan fingerprint density at radius 2 is 2.10 bits per heavy atom. The van der Waals surface area contributed by atoms with Crippen molar-refractivity contribution in [2.24, 2.45) is 10.8 Å². The fraction of sp³-hybridized carbons (Fsp3) is 0.455. The van der Waals surface area contributed by atoms with E-state index in [0.717, 1.165) is 0 Å². The predicted octanol–water partition coefficient (Wildman–Crippen LogP) is 3.27. The van der Waals surface area contributed by atoms with Gasteiger partial charge in [0.2, 0.25) is 0 Å². The van der Waals surface area contributed by atoms with Gasteiger partial charge in [0.05, 0.1) is 0 Å². The number of nitrogens with zero attached hydrogens (tertiary/aromatic N) is 4. The van der Waals surface area contributed by atoms with Crippen molar-refractivity contribution in [3.05, 3.63) is 38.4 Å². The third kappa shape index (κ3) is 7.94. The summed E-state index contributed by atoms with van der Waals surface area (Å²) in [5.41, 5.74) is 14.4. The van der Waals surface area contributed by atoms with Gasteiger partial charge in [0, 0.05) is 11.5 Å². The molecular weight excluding hydrogens is 341 g/mol. The first-order valence-corrected chi connectivity index (χ1v) is 6.53. The highest BCUT2D eigenvalue weighted by atomic mass is 35.5. The number of halogens is 3. The summed E-state index contributed by atoms with van der Waals surface area (Å²) in [7, 11) is 0. The molecule has 1 rings (SSSR count). The molecule has 0 amide bonds. The quantitative estimate of drug-likeness (QED) is 0.202. The third-order valence-electron chi connectivity index (χ3n) is 2.34. The number of esters is 1. The van der Waals surface area contributed by atoms with E-state index in [1.165, 1.54) is 0 Å². The van der Waals surface area contributed by atoms with E-state index in [1.54, 1.807) is 12.1 Å². The van der Waals surface area contributed by atoms with Crippen LogP contribution in [0.4, 0.5) is 0 Å². The zero-order chi connectivity index (χ0) is 15.0. The van der Waals surface area contributed by atoms with Gasteiger partial charge in [-0.25, -0.2) is 4.98 Å². The first-order valence-electron chi connectivity index (χ1n) is 5.78. The molecular formula is C11H14Cl3N5O2. The molecule has 10 heteroatoms. The lowest BCUT2D eigenvalue weighted by molar-refractivity contribution is -0.146. The molecule has 1 aromatic rings. The van der Waals surface area contributed by atoms with Crippen LogP contribution in [0.2, 0.25) is 10.3 Å². The Morgan fingerprint density at radius 3 is 2.67 bits per heavy atom. The summed E-state index contributed by atoms with van der Waals surface area (Å²) in [5.74, 6) is -0.532. The van der Waals surface area contributed by atoms with Gasteiger partial charge in [0.15, 0.2) is 0 Å². The number of nitrogens with two attached hydrogens (primary N) is 1. The Labute approximate surface area is 137 Å². The Hall–Kier alpha value is -1.24. The molecule has 2 N–H and O–H groups in total. The molecule has 1 atom stereocenters. The smallest absolute Gasteiger partial charge is 0.323 e. The maximum atomic E-state index is 11.6. The van der Waals surface area contributed by atoms with Gasteiger partial charge >= 0.3 is 5.97 Å². The number of pyridine rings is 1. The molecule has 0 aliphatic heterocycles. The molecule has 0 saturated carbocycles. The van der Waals surface area contributed by atoms with Gasteiger partial charge in [-0.1, -0.05) is 28.3 Å². The fourth-order valence-electron chi connectivity index (χ4n) is 1.40. The second-order valence-corrected chi connectivity index (χ2v) is 4.71. The Kier molecular flexibility index (Phi) is 9.86. The summed E-state index contributed by atoms with van der Waals surface area (Å²) >= 11 is 11.5. The van der Waals surface area contributed by atoms with E-state index < -0.39 is 12.0 Å². The van der Waals surface area contributed by atoms with Crippen molar-refractivity contribution in [2.45, 2.75) is 25.5 Å². The molecule has 0 radical (unpaired) electrons. The zero-order valence-electron chi connectivity index (χ0n) is 10.9. The highest BCUT2D eigenvalue weighted by Gasteiger charge is 2.14. The first kappa shape index (κ1) is 19.8. The van der Waals surface area contributed by atoms with E-state index in [2.05, 4.69) is 15.0 Å². The molecule has 7 nitrogen and oxygen atoms in total. The first-order chi connectivity index (χ1) is 9.52. The molecule has 0 unspecified atom stereocenters. The number of carbonyl (C=O) groups excluding carboxylic acids is 1. The van der Waals surface area contributed by atoms with Crippen LogP contribution in [0.5, 0.6) is 0 Å². The Balaban J connectivity index is 0.00000400. The van der Waals surface area contributed by atoms with Crippen LogP contribution < -0.4 is 5.73 Å². The molecule has 0 fully saturated rings. The Bertz CT molecular complexity index is 502. The van der Waals surface area contributed by atoms with Crippen LogP contribution in [0.25, 0.3) is 10.4 Å². The number of hydrogen-bond donors (Lipinski definition) is 1. The van der Waals surface area contributed by atoms with Crippen molar-refractivity contribution in [3.8, 4) is 0 Å². The van der Waals surface area contributed by atoms with E-state index in [-0.39, 0.29) is 29.3 Å². The van der Waals surface area contributed by atoms with E-state index in [1.807, 2.05) is 0 Å². The van der Waals surface area contributed by atoms with Crippen molar-refractivity contribution in [1.29, 1.82) is 0 Å². The van der Waals surface area contributed by atoms with Crippen LogP contribution in [-0.2, 0) is 16.1 Å². The van der Waals surface area contributed by atoms with Gasteiger partial charge in [-0.05, 0) is 36.1 Å². The van der Waals surface area contributed by atoms with Crippen LogP contribution in [0.15, 0.2) is 17.2 Å². The van der Waals surface area contributed by atoms with Gasteiger partial charge in [-0.3, -0.25) is 4.79 Å². The number of rotatable bonds is 7. The van der Waals surface area contributed by atoms with Crippen molar-refractivity contribution in [1.82, 2.24) is 4.98 Å². The highest BCUT2D eigenvalue weighted by molar-refractivity contribution is 6.32. The molecule has 0 bridgehead atoms. The maximum absolute atomic E-state index is 11.6. The molecule has 0 aromatic carbocycles. The van der Waals surface area contributed by atoms with Gasteiger partial charge < -0.3 is 10.5 Å². The number of hydrogen-bond acceptors (Lipinski definition) is 5. The number of aromatic nitrogens is 1. The molecule has 116 valence electrons. The monoisotopic (exact) mass is 353 g/mol. The van der Waals surface area contributed by atoms with Gasteiger partial charge in [-0.2, -0.15) is 0 Å². The molecule has 1 heterocycles. The van der Waals surface area contributed by atoms with Crippen molar-refractivity contribution >= 4 is 41.6 Å². The third-order valence-corrected chi connectivity index (χ3v) is 2.73. The SMILES string of the molecule is Cl.[N-]=[N+]=NCCC[C@H](N)C(=O)OCc1cc(Cl)nc(Cl)c1. The second-order valence-electron chi connectivity index (χ2n) is 3.93. The highest BCUT2D eigenvalue weighted by Crippen LogP contribution is 2.15. The summed E-state index contributed by atoms with van der Waals surface area (Å²) in [6.45, 7) is 0.317. The largest absolute Gasteiger partial charge is 0.460 e. The normalized spacial score (nSPS) is 11.0. The minimum absolute atomic E-state index is 0. The van der Waals surface area contributed by atoms with Gasteiger partial charge in [0.1, 0.15) is 23.0 Å². The maximum Gasteiger partial charge on any atom is 0.323 e. The standard InChI is InChI=1S/C11H13Cl2N5O2.ClH/c12-9-4-7(5-10(13)17-9)6-20-11(19)8(14)2-1-3-16-18-15;/h4-5,8H,1-3,6,14H2;1H/t8-;/m0./s1. The van der Waals surface area contributed by atoms with Crippen LogP contribution in [0, 0.1) is 0 Å². The number of carbonyl (C=O) groups is 1.